The molecule has 0 saturated heterocycles. The molecule has 0 aliphatic heterocycles. The van der Waals surface area contributed by atoms with Crippen molar-refractivity contribution >= 4 is 12.0 Å². The van der Waals surface area contributed by atoms with Gasteiger partial charge in [-0.15, -0.1) is 0 Å². The molecule has 0 heterocycles. The fraction of sp³-hybridized carbons (Fsp3) is 0.833. The maximum Gasteiger partial charge on any atom is 0.326 e. The number of amides is 2. The molecule has 18 heavy (non-hydrogen) atoms. The molecule has 0 aromatic rings. The highest BCUT2D eigenvalue weighted by atomic mass is 16.5. The summed E-state index contributed by atoms with van der Waals surface area (Å²) in [5, 5.41) is 11.5. The Hall–Kier alpha value is -1.30. The number of carbonyl (C=O) groups excluding carboxylic acids is 1. The third-order valence-corrected chi connectivity index (χ3v) is 2.72. The minimum atomic E-state index is -0.995. The van der Waals surface area contributed by atoms with Gasteiger partial charge in [0.05, 0.1) is 6.10 Å². The second kappa shape index (κ2) is 8.74. The van der Waals surface area contributed by atoms with E-state index in [1.807, 2.05) is 13.8 Å². The average Bonchev–Trinajstić information content (AvgIpc) is 2.33. The molecule has 0 radical (unpaired) electrons. The normalized spacial score (nSPS) is 13.8. The van der Waals surface area contributed by atoms with Gasteiger partial charge in [-0.2, -0.15) is 0 Å². The number of nitrogens with zero attached hydrogens (tertiary/aromatic N) is 1. The summed E-state index contributed by atoms with van der Waals surface area (Å²) in [4.78, 5) is 24.2. The SMILES string of the molecule is CCCCC(NC(=O)N(C)CC(C)OC)C(=O)O. The molecule has 0 aliphatic carbocycles. The van der Waals surface area contributed by atoms with E-state index in [2.05, 4.69) is 5.32 Å². The van der Waals surface area contributed by atoms with Crippen LogP contribution in [-0.4, -0.2) is 54.9 Å². The van der Waals surface area contributed by atoms with Crippen molar-refractivity contribution in [2.45, 2.75) is 45.3 Å². The number of carboxylic acid groups (broad SMARTS) is 1. The number of methoxy groups -OCH3 is 1. The van der Waals surface area contributed by atoms with E-state index < -0.39 is 12.0 Å². The van der Waals surface area contributed by atoms with E-state index >= 15 is 0 Å². The van der Waals surface area contributed by atoms with Gasteiger partial charge in [0.1, 0.15) is 6.04 Å². The van der Waals surface area contributed by atoms with Gasteiger partial charge >= 0.3 is 12.0 Å². The summed E-state index contributed by atoms with van der Waals surface area (Å²) < 4.78 is 5.05. The number of unbranched alkanes of at least 4 members (excludes halogenated alkanes) is 1. The lowest BCUT2D eigenvalue weighted by Crippen LogP contribution is -2.48. The number of likely N-dealkylation sites (N-methyl/N-ethyl adjacent to an activating group) is 1. The lowest BCUT2D eigenvalue weighted by atomic mass is 10.1. The predicted molar refractivity (Wildman–Crippen MR) is 68.6 cm³/mol. The largest absolute Gasteiger partial charge is 0.480 e. The first-order chi connectivity index (χ1) is 8.42. The Bertz CT molecular complexity index is 271. The molecule has 0 bridgehead atoms. The van der Waals surface area contributed by atoms with Crippen LogP contribution >= 0.6 is 0 Å². The van der Waals surface area contributed by atoms with Gasteiger partial charge < -0.3 is 20.1 Å². The maximum atomic E-state index is 11.8. The van der Waals surface area contributed by atoms with E-state index in [-0.39, 0.29) is 12.1 Å². The first-order valence-electron chi connectivity index (χ1n) is 6.19. The Balaban J connectivity index is 4.27. The van der Waals surface area contributed by atoms with Gasteiger partial charge in [0.25, 0.3) is 0 Å². The standard InChI is InChI=1S/C12H24N2O4/c1-5-6-7-10(11(15)16)13-12(17)14(3)8-9(2)18-4/h9-10H,5-8H2,1-4H3,(H,13,17)(H,15,16). The van der Waals surface area contributed by atoms with E-state index in [9.17, 15) is 9.59 Å². The Labute approximate surface area is 108 Å². The van der Waals surface area contributed by atoms with Crippen LogP contribution < -0.4 is 5.32 Å². The number of urea groups is 1. The number of ether oxygens (including phenoxy) is 1. The predicted octanol–water partition coefficient (Wildman–Crippen LogP) is 1.31. The van der Waals surface area contributed by atoms with Crippen molar-refractivity contribution in [2.24, 2.45) is 0 Å². The Morgan fingerprint density at radius 3 is 2.50 bits per heavy atom. The summed E-state index contributed by atoms with van der Waals surface area (Å²) in [6, 6.07) is -1.21. The van der Waals surface area contributed by atoms with E-state index in [1.54, 1.807) is 14.2 Å². The summed E-state index contributed by atoms with van der Waals surface area (Å²) >= 11 is 0. The molecule has 2 N–H and O–H groups in total. The molecule has 0 aliphatic rings. The van der Waals surface area contributed by atoms with E-state index in [4.69, 9.17) is 9.84 Å². The monoisotopic (exact) mass is 260 g/mol. The molecule has 0 saturated carbocycles. The van der Waals surface area contributed by atoms with Crippen LogP contribution in [0.5, 0.6) is 0 Å². The summed E-state index contributed by atoms with van der Waals surface area (Å²) in [6.45, 7) is 4.24. The smallest absolute Gasteiger partial charge is 0.326 e. The van der Waals surface area contributed by atoms with Gasteiger partial charge in [-0.25, -0.2) is 9.59 Å². The third kappa shape index (κ3) is 6.44. The number of aliphatic carboxylic acids is 1. The molecule has 2 amide bonds. The maximum absolute atomic E-state index is 11.8. The van der Waals surface area contributed by atoms with Gasteiger partial charge in [-0.05, 0) is 13.3 Å². The first kappa shape index (κ1) is 16.7. The molecule has 2 unspecified atom stereocenters. The second-order valence-corrected chi connectivity index (χ2v) is 4.41. The second-order valence-electron chi connectivity index (χ2n) is 4.41. The summed E-state index contributed by atoms with van der Waals surface area (Å²) in [7, 11) is 3.18. The van der Waals surface area contributed by atoms with E-state index in [0.29, 0.717) is 13.0 Å². The number of hydrogen-bond acceptors (Lipinski definition) is 3. The summed E-state index contributed by atoms with van der Waals surface area (Å²) in [5.41, 5.74) is 0. The minimum absolute atomic E-state index is 0.0836. The molecule has 2 atom stereocenters. The van der Waals surface area contributed by atoms with Crippen LogP contribution in [0.4, 0.5) is 4.79 Å². The zero-order valence-electron chi connectivity index (χ0n) is 11.6. The Kier molecular flexibility index (Phi) is 8.11. The lowest BCUT2D eigenvalue weighted by Gasteiger charge is -2.23. The average molecular weight is 260 g/mol. The van der Waals surface area contributed by atoms with Gasteiger partial charge in [-0.3, -0.25) is 0 Å². The molecular formula is C12H24N2O4. The molecule has 106 valence electrons. The van der Waals surface area contributed by atoms with Crippen LogP contribution in [0.1, 0.15) is 33.1 Å². The molecule has 0 spiro atoms. The highest BCUT2D eigenvalue weighted by molar-refractivity contribution is 5.82. The highest BCUT2D eigenvalue weighted by Gasteiger charge is 2.21. The number of rotatable bonds is 8. The van der Waals surface area contributed by atoms with Crippen molar-refractivity contribution in [2.75, 3.05) is 20.7 Å². The van der Waals surface area contributed by atoms with Crippen LogP contribution in [-0.2, 0) is 9.53 Å². The van der Waals surface area contributed by atoms with Crippen LogP contribution in [0.2, 0.25) is 0 Å². The summed E-state index contributed by atoms with van der Waals surface area (Å²) in [6.07, 6.45) is 2.04. The van der Waals surface area contributed by atoms with Crippen molar-refractivity contribution < 1.29 is 19.4 Å². The minimum Gasteiger partial charge on any atom is -0.480 e. The van der Waals surface area contributed by atoms with Crippen molar-refractivity contribution in [3.63, 3.8) is 0 Å². The topological polar surface area (TPSA) is 78.9 Å². The zero-order valence-corrected chi connectivity index (χ0v) is 11.6. The molecule has 0 fully saturated rings. The zero-order chi connectivity index (χ0) is 14.1. The van der Waals surface area contributed by atoms with Crippen molar-refractivity contribution in [1.82, 2.24) is 10.2 Å². The van der Waals surface area contributed by atoms with Crippen LogP contribution in [0.15, 0.2) is 0 Å². The van der Waals surface area contributed by atoms with Crippen molar-refractivity contribution in [1.29, 1.82) is 0 Å². The van der Waals surface area contributed by atoms with E-state index in [0.717, 1.165) is 12.8 Å². The van der Waals surface area contributed by atoms with Crippen molar-refractivity contribution in [3.8, 4) is 0 Å². The van der Waals surface area contributed by atoms with Crippen LogP contribution in [0.3, 0.4) is 0 Å². The highest BCUT2D eigenvalue weighted by Crippen LogP contribution is 2.02. The molecule has 0 aromatic carbocycles. The molecule has 6 heteroatoms. The number of carboxylic acids is 1. The molecule has 0 aromatic heterocycles. The van der Waals surface area contributed by atoms with Crippen molar-refractivity contribution in [3.05, 3.63) is 0 Å². The van der Waals surface area contributed by atoms with E-state index in [1.165, 1.54) is 4.90 Å². The summed E-state index contributed by atoms with van der Waals surface area (Å²) in [5.74, 6) is -0.995. The fourth-order valence-electron chi connectivity index (χ4n) is 1.47. The first-order valence-corrected chi connectivity index (χ1v) is 6.19. The molecular weight excluding hydrogens is 236 g/mol. The Morgan fingerprint density at radius 2 is 2.06 bits per heavy atom. The fourth-order valence-corrected chi connectivity index (χ4v) is 1.47. The number of nitrogens with one attached hydrogen (secondary N) is 1. The third-order valence-electron chi connectivity index (χ3n) is 2.72. The van der Waals surface area contributed by atoms with Gasteiger partial charge in [0.15, 0.2) is 0 Å². The quantitative estimate of drug-likeness (QED) is 0.689. The molecule has 6 nitrogen and oxygen atoms in total. The lowest BCUT2D eigenvalue weighted by molar-refractivity contribution is -0.139. The number of carbonyl (C=O) groups is 2. The Morgan fingerprint density at radius 1 is 1.44 bits per heavy atom. The van der Waals surface area contributed by atoms with Gasteiger partial charge in [0.2, 0.25) is 0 Å². The van der Waals surface area contributed by atoms with Crippen LogP contribution in [0.25, 0.3) is 0 Å². The molecule has 0 rings (SSSR count). The van der Waals surface area contributed by atoms with Gasteiger partial charge in [0, 0.05) is 20.7 Å². The van der Waals surface area contributed by atoms with Gasteiger partial charge in [-0.1, -0.05) is 19.8 Å². The number of hydrogen-bond donors (Lipinski definition) is 2. The van der Waals surface area contributed by atoms with Crippen LogP contribution in [0, 0.1) is 0 Å².